The molecule has 176 valence electrons. The van der Waals surface area contributed by atoms with Crippen molar-refractivity contribution >= 4 is 16.8 Å². The molecule has 1 heterocycles. The highest BCUT2D eigenvalue weighted by atomic mass is 16.5. The summed E-state index contributed by atoms with van der Waals surface area (Å²) >= 11 is 0. The van der Waals surface area contributed by atoms with Crippen LogP contribution < -0.4 is 19.5 Å². The van der Waals surface area contributed by atoms with Gasteiger partial charge in [-0.3, -0.25) is 4.79 Å². The molecule has 0 aliphatic carbocycles. The summed E-state index contributed by atoms with van der Waals surface area (Å²) in [6, 6.07) is 21.9. The lowest BCUT2D eigenvalue weighted by atomic mass is 10.1. The van der Waals surface area contributed by atoms with Gasteiger partial charge < -0.3 is 24.1 Å². The topological polar surface area (TPSA) is 61.7 Å². The summed E-state index contributed by atoms with van der Waals surface area (Å²) in [7, 11) is 4.95. The molecule has 4 aromatic rings. The Bertz CT molecular complexity index is 1240. The molecule has 4 rings (SSSR count). The summed E-state index contributed by atoms with van der Waals surface area (Å²) < 4.78 is 18.2. The molecule has 0 unspecified atom stereocenters. The smallest absolute Gasteiger partial charge is 0.224 e. The van der Waals surface area contributed by atoms with Crippen molar-refractivity contribution in [2.75, 3.05) is 27.9 Å². The third-order valence-corrected chi connectivity index (χ3v) is 5.88. The molecule has 1 N–H and O–H groups in total. The summed E-state index contributed by atoms with van der Waals surface area (Å²) in [6.07, 6.45) is 3.17. The summed E-state index contributed by atoms with van der Waals surface area (Å²) in [5.41, 5.74) is 4.32. The van der Waals surface area contributed by atoms with Crippen LogP contribution in [-0.2, 0) is 24.2 Å². The van der Waals surface area contributed by atoms with Crippen molar-refractivity contribution in [2.24, 2.45) is 0 Å². The number of carbonyl (C=O) groups is 1. The molecule has 0 radical (unpaired) electrons. The van der Waals surface area contributed by atoms with Gasteiger partial charge in [-0.1, -0.05) is 30.3 Å². The maximum absolute atomic E-state index is 12.7. The third-order valence-electron chi connectivity index (χ3n) is 5.88. The van der Waals surface area contributed by atoms with Gasteiger partial charge in [-0.25, -0.2) is 0 Å². The normalized spacial score (nSPS) is 10.8. The number of nitrogens with zero attached hydrogens (tertiary/aromatic N) is 1. The molecule has 34 heavy (non-hydrogen) atoms. The van der Waals surface area contributed by atoms with E-state index >= 15 is 0 Å². The van der Waals surface area contributed by atoms with E-state index in [2.05, 4.69) is 28.2 Å². The van der Waals surface area contributed by atoms with E-state index in [0.29, 0.717) is 19.5 Å². The first-order valence-electron chi connectivity index (χ1n) is 11.3. The van der Waals surface area contributed by atoms with E-state index in [9.17, 15) is 4.79 Å². The molecule has 1 amide bonds. The van der Waals surface area contributed by atoms with Crippen LogP contribution >= 0.6 is 0 Å². The predicted molar refractivity (Wildman–Crippen MR) is 134 cm³/mol. The Morgan fingerprint density at radius 3 is 2.18 bits per heavy atom. The fraction of sp³-hybridized carbons (Fsp3) is 0.250. The average molecular weight is 459 g/mol. The van der Waals surface area contributed by atoms with Crippen LogP contribution in [0, 0.1) is 0 Å². The monoisotopic (exact) mass is 458 g/mol. The molecule has 0 bridgehead atoms. The van der Waals surface area contributed by atoms with E-state index in [1.807, 2.05) is 54.6 Å². The molecule has 0 spiro atoms. The molecule has 6 nitrogen and oxygen atoms in total. The van der Waals surface area contributed by atoms with Gasteiger partial charge in [0.15, 0.2) is 0 Å². The molecule has 0 aliphatic rings. The average Bonchev–Trinajstić information content (AvgIpc) is 3.20. The van der Waals surface area contributed by atoms with Crippen molar-refractivity contribution in [3.63, 3.8) is 0 Å². The quantitative estimate of drug-likeness (QED) is 0.377. The lowest BCUT2D eigenvalue weighted by Gasteiger charge is -2.10. The zero-order chi connectivity index (χ0) is 23.9. The van der Waals surface area contributed by atoms with Gasteiger partial charge in [0.2, 0.25) is 5.91 Å². The maximum Gasteiger partial charge on any atom is 0.224 e. The lowest BCUT2D eigenvalue weighted by Crippen LogP contribution is -2.27. The fourth-order valence-corrected chi connectivity index (χ4v) is 4.12. The number of benzene rings is 3. The van der Waals surface area contributed by atoms with Crippen molar-refractivity contribution in [3.05, 3.63) is 89.6 Å². The van der Waals surface area contributed by atoms with Crippen molar-refractivity contribution < 1.29 is 19.0 Å². The SMILES string of the molecule is COc1ccc(CCNC(=O)Cc2cn(Cc3cc(OC)cc(OC)c3)c3ccccc23)cc1. The fourth-order valence-electron chi connectivity index (χ4n) is 4.12. The van der Waals surface area contributed by atoms with E-state index in [4.69, 9.17) is 14.2 Å². The summed E-state index contributed by atoms with van der Waals surface area (Å²) in [6.45, 7) is 1.24. The van der Waals surface area contributed by atoms with Crippen LogP contribution in [0.4, 0.5) is 0 Å². The number of aromatic nitrogens is 1. The molecule has 3 aromatic carbocycles. The Morgan fingerprint density at radius 2 is 1.50 bits per heavy atom. The van der Waals surface area contributed by atoms with Crippen molar-refractivity contribution in [2.45, 2.75) is 19.4 Å². The van der Waals surface area contributed by atoms with Gasteiger partial charge in [-0.15, -0.1) is 0 Å². The number of methoxy groups -OCH3 is 3. The zero-order valence-electron chi connectivity index (χ0n) is 19.8. The van der Waals surface area contributed by atoms with Crippen LogP contribution in [-0.4, -0.2) is 38.3 Å². The third kappa shape index (κ3) is 5.52. The number of para-hydroxylation sites is 1. The second kappa shape index (κ2) is 10.8. The predicted octanol–water partition coefficient (Wildman–Crippen LogP) is 4.62. The standard InChI is InChI=1S/C28H30N2O4/c1-32-23-10-8-20(9-11-23)12-13-29-28(31)16-22-19-30(27-7-5-4-6-26(22)27)18-21-14-24(33-2)17-25(15-21)34-3/h4-11,14-15,17,19H,12-13,16,18H2,1-3H3,(H,29,31). The Morgan fingerprint density at radius 1 is 0.824 bits per heavy atom. The summed E-state index contributed by atoms with van der Waals surface area (Å²) in [5.74, 6) is 2.35. The van der Waals surface area contributed by atoms with E-state index in [0.717, 1.165) is 51.3 Å². The molecule has 0 saturated heterocycles. The molecule has 0 atom stereocenters. The van der Waals surface area contributed by atoms with Crippen LogP contribution in [0.2, 0.25) is 0 Å². The van der Waals surface area contributed by atoms with E-state index in [-0.39, 0.29) is 5.91 Å². The molecule has 0 aliphatic heterocycles. The van der Waals surface area contributed by atoms with Crippen LogP contribution in [0.15, 0.2) is 72.9 Å². The Kier molecular flexibility index (Phi) is 7.38. The van der Waals surface area contributed by atoms with Gasteiger partial charge >= 0.3 is 0 Å². The van der Waals surface area contributed by atoms with E-state index < -0.39 is 0 Å². The second-order valence-corrected chi connectivity index (χ2v) is 8.15. The Hall–Kier alpha value is -3.93. The van der Waals surface area contributed by atoms with Gasteiger partial charge in [-0.2, -0.15) is 0 Å². The molecule has 6 heteroatoms. The molecular formula is C28H30N2O4. The van der Waals surface area contributed by atoms with Gasteiger partial charge in [-0.05, 0) is 53.4 Å². The Labute approximate surface area is 200 Å². The second-order valence-electron chi connectivity index (χ2n) is 8.15. The number of rotatable bonds is 10. The van der Waals surface area contributed by atoms with Crippen LogP contribution in [0.3, 0.4) is 0 Å². The first-order valence-corrected chi connectivity index (χ1v) is 11.3. The van der Waals surface area contributed by atoms with Gasteiger partial charge in [0, 0.05) is 36.3 Å². The number of amides is 1. The molecule has 0 saturated carbocycles. The number of hydrogen-bond acceptors (Lipinski definition) is 4. The van der Waals surface area contributed by atoms with Gasteiger partial charge in [0.1, 0.15) is 17.2 Å². The maximum atomic E-state index is 12.7. The summed E-state index contributed by atoms with van der Waals surface area (Å²) in [5, 5.41) is 4.14. The molecule has 1 aromatic heterocycles. The van der Waals surface area contributed by atoms with E-state index in [1.54, 1.807) is 21.3 Å². The molecule has 0 fully saturated rings. The largest absolute Gasteiger partial charge is 0.497 e. The minimum atomic E-state index is 0.0134. The highest BCUT2D eigenvalue weighted by Gasteiger charge is 2.13. The van der Waals surface area contributed by atoms with Crippen LogP contribution in [0.25, 0.3) is 10.9 Å². The van der Waals surface area contributed by atoms with Crippen LogP contribution in [0.1, 0.15) is 16.7 Å². The highest BCUT2D eigenvalue weighted by Crippen LogP contribution is 2.26. The zero-order valence-corrected chi connectivity index (χ0v) is 19.8. The number of hydrogen-bond donors (Lipinski definition) is 1. The van der Waals surface area contributed by atoms with Gasteiger partial charge in [0.25, 0.3) is 0 Å². The van der Waals surface area contributed by atoms with E-state index in [1.165, 1.54) is 0 Å². The minimum absolute atomic E-state index is 0.0134. The number of fused-ring (bicyclic) bond motifs is 1. The molecular weight excluding hydrogens is 428 g/mol. The van der Waals surface area contributed by atoms with Gasteiger partial charge in [0.05, 0.1) is 27.8 Å². The minimum Gasteiger partial charge on any atom is -0.497 e. The number of ether oxygens (including phenoxy) is 3. The van der Waals surface area contributed by atoms with Crippen molar-refractivity contribution in [1.82, 2.24) is 9.88 Å². The number of nitrogens with one attached hydrogen (secondary N) is 1. The first-order chi connectivity index (χ1) is 16.6. The Balaban J connectivity index is 1.45. The first kappa shape index (κ1) is 23.2. The summed E-state index contributed by atoms with van der Waals surface area (Å²) in [4.78, 5) is 12.7. The van der Waals surface area contributed by atoms with Crippen molar-refractivity contribution in [3.8, 4) is 17.2 Å². The number of carbonyl (C=O) groups excluding carboxylic acids is 1. The lowest BCUT2D eigenvalue weighted by molar-refractivity contribution is -0.120. The highest BCUT2D eigenvalue weighted by molar-refractivity contribution is 5.89. The van der Waals surface area contributed by atoms with Crippen molar-refractivity contribution in [1.29, 1.82) is 0 Å². The van der Waals surface area contributed by atoms with Crippen LogP contribution in [0.5, 0.6) is 17.2 Å².